The van der Waals surface area contributed by atoms with Gasteiger partial charge in [-0.05, 0) is 31.1 Å². The fourth-order valence-corrected chi connectivity index (χ4v) is 3.77. The van der Waals surface area contributed by atoms with Gasteiger partial charge >= 0.3 is 0 Å². The molecule has 0 radical (unpaired) electrons. The van der Waals surface area contributed by atoms with Gasteiger partial charge in [-0.1, -0.05) is 51.9 Å². The molecule has 2 rings (SSSR count). The van der Waals surface area contributed by atoms with E-state index in [0.717, 1.165) is 45.1 Å². The van der Waals surface area contributed by atoms with Crippen molar-refractivity contribution in [2.45, 2.75) is 77.6 Å². The van der Waals surface area contributed by atoms with Gasteiger partial charge in [0.1, 0.15) is 5.41 Å². The van der Waals surface area contributed by atoms with Gasteiger partial charge in [-0.3, -0.25) is 4.79 Å². The summed E-state index contributed by atoms with van der Waals surface area (Å²) in [7, 11) is 0. The van der Waals surface area contributed by atoms with E-state index in [2.05, 4.69) is 18.3 Å². The summed E-state index contributed by atoms with van der Waals surface area (Å²) >= 11 is 0. The van der Waals surface area contributed by atoms with Crippen molar-refractivity contribution in [3.8, 4) is 6.07 Å². The molecule has 0 aromatic carbocycles. The van der Waals surface area contributed by atoms with Crippen molar-refractivity contribution in [2.24, 2.45) is 10.8 Å². The number of nitriles is 1. The lowest BCUT2D eigenvalue weighted by atomic mass is 9.75. The molecule has 3 nitrogen and oxygen atoms in total. The number of carbonyl (C=O) groups is 1. The molecular formula is C17H28N2O. The first kappa shape index (κ1) is 15.4. The van der Waals surface area contributed by atoms with Crippen LogP contribution in [-0.4, -0.2) is 12.5 Å². The Morgan fingerprint density at radius 2 is 1.50 bits per heavy atom. The molecule has 20 heavy (non-hydrogen) atoms. The van der Waals surface area contributed by atoms with Crippen LogP contribution in [0, 0.1) is 22.2 Å². The van der Waals surface area contributed by atoms with Crippen molar-refractivity contribution in [3.63, 3.8) is 0 Å². The summed E-state index contributed by atoms with van der Waals surface area (Å²) in [6.45, 7) is 3.02. The van der Waals surface area contributed by atoms with Crippen LogP contribution >= 0.6 is 0 Å². The van der Waals surface area contributed by atoms with Gasteiger partial charge < -0.3 is 5.32 Å². The summed E-state index contributed by atoms with van der Waals surface area (Å²) < 4.78 is 0. The maximum atomic E-state index is 12.6. The Bertz CT molecular complexity index is 369. The van der Waals surface area contributed by atoms with E-state index in [4.69, 9.17) is 0 Å². The number of nitrogens with one attached hydrogen (secondary N) is 1. The zero-order chi connectivity index (χ0) is 14.5. The van der Waals surface area contributed by atoms with E-state index in [9.17, 15) is 10.1 Å². The first-order valence-electron chi connectivity index (χ1n) is 8.30. The highest BCUT2D eigenvalue weighted by molar-refractivity contribution is 5.85. The van der Waals surface area contributed by atoms with Crippen LogP contribution in [0.15, 0.2) is 0 Å². The van der Waals surface area contributed by atoms with Crippen LogP contribution in [0.2, 0.25) is 0 Å². The van der Waals surface area contributed by atoms with Gasteiger partial charge in [-0.2, -0.15) is 5.26 Å². The lowest BCUT2D eigenvalue weighted by Crippen LogP contribution is -2.44. The number of nitrogens with zero attached hydrogens (tertiary/aromatic N) is 1. The van der Waals surface area contributed by atoms with Gasteiger partial charge in [0.05, 0.1) is 6.07 Å². The zero-order valence-corrected chi connectivity index (χ0v) is 12.8. The molecule has 0 aliphatic heterocycles. The number of hydrogen-bond donors (Lipinski definition) is 1. The molecule has 3 heteroatoms. The van der Waals surface area contributed by atoms with Crippen LogP contribution in [-0.2, 0) is 4.79 Å². The average molecular weight is 276 g/mol. The normalized spacial score (nSPS) is 25.2. The summed E-state index contributed by atoms with van der Waals surface area (Å²) in [5.74, 6) is -0.00583. The summed E-state index contributed by atoms with van der Waals surface area (Å²) in [5, 5.41) is 12.6. The second-order valence-corrected chi connectivity index (χ2v) is 7.16. The minimum absolute atomic E-state index is 0.00583. The standard InChI is InChI=1S/C17H28N2O/c1-16(9-5-4-6-10-16)14-19-15(20)17(13-18)11-7-2-3-8-12-17/h2-12,14H2,1H3,(H,19,20). The number of carbonyl (C=O) groups excluding carboxylic acids is 1. The third-order valence-electron chi connectivity index (χ3n) is 5.34. The topological polar surface area (TPSA) is 52.9 Å². The molecule has 0 saturated heterocycles. The molecule has 0 aromatic heterocycles. The number of amides is 1. The first-order valence-corrected chi connectivity index (χ1v) is 8.30. The molecule has 0 heterocycles. The molecule has 0 bridgehead atoms. The van der Waals surface area contributed by atoms with Gasteiger partial charge in [0, 0.05) is 6.54 Å². The van der Waals surface area contributed by atoms with E-state index >= 15 is 0 Å². The molecule has 2 fully saturated rings. The third-order valence-corrected chi connectivity index (χ3v) is 5.34. The average Bonchev–Trinajstić information content (AvgIpc) is 2.72. The lowest BCUT2D eigenvalue weighted by Gasteiger charge is -2.35. The Morgan fingerprint density at radius 1 is 1.00 bits per heavy atom. The number of hydrogen-bond acceptors (Lipinski definition) is 2. The monoisotopic (exact) mass is 276 g/mol. The SMILES string of the molecule is CC1(CNC(=O)C2(C#N)CCCCCC2)CCCCC1. The lowest BCUT2D eigenvalue weighted by molar-refractivity contribution is -0.129. The second-order valence-electron chi connectivity index (χ2n) is 7.16. The summed E-state index contributed by atoms with van der Waals surface area (Å²) in [4.78, 5) is 12.6. The Kier molecular flexibility index (Phi) is 5.07. The van der Waals surface area contributed by atoms with Gasteiger partial charge in [0.25, 0.3) is 0 Å². The van der Waals surface area contributed by atoms with Crippen molar-refractivity contribution in [1.82, 2.24) is 5.32 Å². The van der Waals surface area contributed by atoms with E-state index < -0.39 is 5.41 Å². The Labute approximate surface area is 123 Å². The molecule has 0 aromatic rings. The molecule has 0 atom stereocenters. The molecule has 1 N–H and O–H groups in total. The minimum atomic E-state index is -0.748. The van der Waals surface area contributed by atoms with Crippen molar-refractivity contribution >= 4 is 5.91 Å². The van der Waals surface area contributed by atoms with Crippen LogP contribution < -0.4 is 5.32 Å². The quantitative estimate of drug-likeness (QED) is 0.794. The molecule has 2 aliphatic carbocycles. The van der Waals surface area contributed by atoms with Gasteiger partial charge in [-0.15, -0.1) is 0 Å². The molecule has 2 aliphatic rings. The fourth-order valence-electron chi connectivity index (χ4n) is 3.77. The van der Waals surface area contributed by atoms with Gasteiger partial charge in [0.2, 0.25) is 5.91 Å². The maximum absolute atomic E-state index is 12.6. The number of rotatable bonds is 3. The van der Waals surface area contributed by atoms with Crippen LogP contribution in [0.5, 0.6) is 0 Å². The highest BCUT2D eigenvalue weighted by Gasteiger charge is 2.39. The van der Waals surface area contributed by atoms with Gasteiger partial charge in [0.15, 0.2) is 0 Å². The highest BCUT2D eigenvalue weighted by Crippen LogP contribution is 2.37. The van der Waals surface area contributed by atoms with Crippen molar-refractivity contribution in [1.29, 1.82) is 5.26 Å². The third kappa shape index (κ3) is 3.53. The highest BCUT2D eigenvalue weighted by atomic mass is 16.2. The van der Waals surface area contributed by atoms with Crippen LogP contribution in [0.4, 0.5) is 0 Å². The van der Waals surface area contributed by atoms with E-state index in [1.54, 1.807) is 0 Å². The molecular weight excluding hydrogens is 248 g/mol. The van der Waals surface area contributed by atoms with E-state index in [1.807, 2.05) is 0 Å². The smallest absolute Gasteiger partial charge is 0.240 e. The van der Waals surface area contributed by atoms with Crippen molar-refractivity contribution in [2.75, 3.05) is 6.54 Å². The van der Waals surface area contributed by atoms with Crippen LogP contribution in [0.1, 0.15) is 77.6 Å². The predicted molar refractivity (Wildman–Crippen MR) is 79.9 cm³/mol. The molecule has 1 amide bonds. The maximum Gasteiger partial charge on any atom is 0.240 e. The van der Waals surface area contributed by atoms with E-state index in [-0.39, 0.29) is 11.3 Å². The minimum Gasteiger partial charge on any atom is -0.354 e. The summed E-state index contributed by atoms with van der Waals surface area (Å²) in [6, 6.07) is 2.35. The Morgan fingerprint density at radius 3 is 2.05 bits per heavy atom. The molecule has 2 saturated carbocycles. The predicted octanol–water partition coefficient (Wildman–Crippen LogP) is 3.94. The Balaban J connectivity index is 1.93. The van der Waals surface area contributed by atoms with Crippen molar-refractivity contribution in [3.05, 3.63) is 0 Å². The van der Waals surface area contributed by atoms with E-state index in [1.165, 1.54) is 32.1 Å². The molecule has 112 valence electrons. The Hall–Kier alpha value is -1.04. The van der Waals surface area contributed by atoms with Crippen LogP contribution in [0.3, 0.4) is 0 Å². The van der Waals surface area contributed by atoms with Crippen LogP contribution in [0.25, 0.3) is 0 Å². The fraction of sp³-hybridized carbons (Fsp3) is 0.882. The van der Waals surface area contributed by atoms with Crippen molar-refractivity contribution < 1.29 is 4.79 Å². The molecule has 0 spiro atoms. The molecule has 0 unspecified atom stereocenters. The zero-order valence-electron chi connectivity index (χ0n) is 12.8. The van der Waals surface area contributed by atoms with E-state index in [0.29, 0.717) is 0 Å². The largest absolute Gasteiger partial charge is 0.354 e. The summed E-state index contributed by atoms with van der Waals surface area (Å²) in [5.41, 5.74) is -0.503. The van der Waals surface area contributed by atoms with Gasteiger partial charge in [-0.25, -0.2) is 0 Å². The first-order chi connectivity index (χ1) is 9.60. The second kappa shape index (κ2) is 6.61. The summed E-state index contributed by atoms with van der Waals surface area (Å²) in [6.07, 6.45) is 12.1.